The van der Waals surface area contributed by atoms with Crippen LogP contribution in [0.4, 0.5) is 28.4 Å². The summed E-state index contributed by atoms with van der Waals surface area (Å²) in [6.45, 7) is 10.9. The molecule has 2 heteroatoms. The molecule has 57 heavy (non-hydrogen) atoms. The van der Waals surface area contributed by atoms with Crippen LogP contribution < -0.4 is 9.80 Å². The van der Waals surface area contributed by atoms with Crippen LogP contribution >= 0.6 is 0 Å². The van der Waals surface area contributed by atoms with Crippen molar-refractivity contribution < 1.29 is 0 Å². The van der Waals surface area contributed by atoms with Gasteiger partial charge in [-0.15, -0.1) is 0 Å². The molecule has 1 aliphatic carbocycles. The molecule has 8 rings (SSSR count). The second kappa shape index (κ2) is 16.6. The van der Waals surface area contributed by atoms with E-state index in [1.807, 2.05) is 0 Å². The number of nitrogens with zero attached hydrogens (tertiary/aromatic N) is 2. The highest BCUT2D eigenvalue weighted by Gasteiger charge is 2.21. The molecule has 0 bridgehead atoms. The van der Waals surface area contributed by atoms with Crippen molar-refractivity contribution in [2.45, 2.75) is 41.0 Å². The van der Waals surface area contributed by atoms with E-state index in [0.717, 1.165) is 29.0 Å². The number of benzene rings is 7. The zero-order valence-corrected chi connectivity index (χ0v) is 33.7. The molecule has 0 aliphatic heterocycles. The molecule has 0 saturated carbocycles. The van der Waals surface area contributed by atoms with Gasteiger partial charge in [-0.3, -0.25) is 0 Å². The van der Waals surface area contributed by atoms with Crippen LogP contribution in [0.3, 0.4) is 0 Å². The zero-order chi connectivity index (χ0) is 39.3. The maximum Gasteiger partial charge on any atom is 0.0462 e. The van der Waals surface area contributed by atoms with Gasteiger partial charge in [0.25, 0.3) is 0 Å². The average molecular weight is 739 g/mol. The van der Waals surface area contributed by atoms with Gasteiger partial charge < -0.3 is 9.80 Å². The average Bonchev–Trinajstić information content (AvgIpc) is 3.23. The van der Waals surface area contributed by atoms with E-state index in [4.69, 9.17) is 0 Å². The van der Waals surface area contributed by atoms with E-state index >= 15 is 0 Å². The Balaban J connectivity index is 1.03. The molecule has 0 N–H and O–H groups in total. The molecule has 2 nitrogen and oxygen atoms in total. The molecule has 0 heterocycles. The van der Waals surface area contributed by atoms with Gasteiger partial charge >= 0.3 is 0 Å². The molecule has 1 aliphatic rings. The monoisotopic (exact) mass is 738 g/mol. The van der Waals surface area contributed by atoms with Crippen molar-refractivity contribution in [3.8, 4) is 0 Å². The summed E-state index contributed by atoms with van der Waals surface area (Å²) in [6.07, 6.45) is 14.6. The molecule has 1 unspecified atom stereocenters. The molecule has 0 aromatic heterocycles. The first kappa shape index (κ1) is 37.3. The third-order valence-corrected chi connectivity index (χ3v) is 11.1. The topological polar surface area (TPSA) is 6.48 Å². The van der Waals surface area contributed by atoms with Crippen LogP contribution in [-0.4, -0.2) is 0 Å². The van der Waals surface area contributed by atoms with E-state index in [-0.39, 0.29) is 0 Å². The Kier molecular flexibility index (Phi) is 10.9. The van der Waals surface area contributed by atoms with Gasteiger partial charge in [0.2, 0.25) is 0 Å². The minimum Gasteiger partial charge on any atom is -0.314 e. The Morgan fingerprint density at radius 2 is 0.789 bits per heavy atom. The van der Waals surface area contributed by atoms with Crippen molar-refractivity contribution in [1.82, 2.24) is 0 Å². The quantitative estimate of drug-likeness (QED) is 0.129. The SMILES string of the molecule is Cc1ccc(N(C2=CC=C(/C=C/c3ccc(/C=C/c4ccc(N(c5ccc(C)cc5)c5ccc(C)cc5)cc4)c4ccccc34)C(C)C2)c2ccc(C)cc2)cc1. The molecule has 0 spiro atoms. The lowest BCUT2D eigenvalue weighted by Crippen LogP contribution is -2.20. The van der Waals surface area contributed by atoms with Crippen LogP contribution in [0.2, 0.25) is 0 Å². The molecular weight excluding hydrogens is 689 g/mol. The van der Waals surface area contributed by atoms with Crippen LogP contribution in [0.5, 0.6) is 0 Å². The van der Waals surface area contributed by atoms with Gasteiger partial charge in [0.05, 0.1) is 0 Å². The van der Waals surface area contributed by atoms with Gasteiger partial charge in [-0.05, 0) is 140 Å². The molecular formula is C55H50N2. The second-order valence-electron chi connectivity index (χ2n) is 15.5. The molecule has 0 amide bonds. The number of aryl methyl sites for hydroxylation is 4. The zero-order valence-electron chi connectivity index (χ0n) is 33.7. The molecule has 1 atom stereocenters. The van der Waals surface area contributed by atoms with E-state index in [2.05, 4.69) is 239 Å². The molecule has 7 aromatic carbocycles. The highest BCUT2D eigenvalue weighted by atomic mass is 15.2. The van der Waals surface area contributed by atoms with Gasteiger partial charge in [0, 0.05) is 34.1 Å². The fourth-order valence-electron chi connectivity index (χ4n) is 7.69. The smallest absolute Gasteiger partial charge is 0.0462 e. The minimum absolute atomic E-state index is 0.375. The van der Waals surface area contributed by atoms with Crippen LogP contribution in [-0.2, 0) is 0 Å². The first-order valence-corrected chi connectivity index (χ1v) is 20.0. The van der Waals surface area contributed by atoms with E-state index in [1.165, 1.54) is 66.8 Å². The first-order valence-electron chi connectivity index (χ1n) is 20.0. The summed E-state index contributed by atoms with van der Waals surface area (Å²) in [5, 5.41) is 2.50. The summed E-state index contributed by atoms with van der Waals surface area (Å²) in [5.41, 5.74) is 17.1. The Bertz CT molecular complexity index is 2510. The van der Waals surface area contributed by atoms with E-state index in [1.54, 1.807) is 0 Å². The van der Waals surface area contributed by atoms with Crippen molar-refractivity contribution in [2.75, 3.05) is 9.80 Å². The van der Waals surface area contributed by atoms with Gasteiger partial charge in [-0.25, -0.2) is 0 Å². The molecule has 0 radical (unpaired) electrons. The Labute approximate surface area is 339 Å². The van der Waals surface area contributed by atoms with Crippen molar-refractivity contribution in [3.63, 3.8) is 0 Å². The van der Waals surface area contributed by atoms with E-state index < -0.39 is 0 Å². The lowest BCUT2D eigenvalue weighted by Gasteiger charge is -2.32. The summed E-state index contributed by atoms with van der Waals surface area (Å²) in [4.78, 5) is 4.73. The van der Waals surface area contributed by atoms with Gasteiger partial charge in [0.15, 0.2) is 0 Å². The molecule has 7 aromatic rings. The van der Waals surface area contributed by atoms with Crippen molar-refractivity contribution in [3.05, 3.63) is 226 Å². The number of fused-ring (bicyclic) bond motifs is 1. The predicted octanol–water partition coefficient (Wildman–Crippen LogP) is 15.4. The predicted molar refractivity (Wildman–Crippen MR) is 247 cm³/mol. The number of allylic oxidation sites excluding steroid dienone is 5. The summed E-state index contributed by atoms with van der Waals surface area (Å²) in [6, 6.07) is 57.3. The number of hydrogen-bond donors (Lipinski definition) is 0. The highest BCUT2D eigenvalue weighted by molar-refractivity contribution is 5.98. The van der Waals surface area contributed by atoms with Crippen molar-refractivity contribution in [2.24, 2.45) is 5.92 Å². The van der Waals surface area contributed by atoms with Crippen LogP contribution in [0.25, 0.3) is 29.0 Å². The summed E-state index contributed by atoms with van der Waals surface area (Å²) in [7, 11) is 0. The second-order valence-corrected chi connectivity index (χ2v) is 15.5. The Morgan fingerprint density at radius 1 is 0.404 bits per heavy atom. The van der Waals surface area contributed by atoms with Crippen LogP contribution in [0, 0.1) is 33.6 Å². The Hall–Kier alpha value is -6.64. The van der Waals surface area contributed by atoms with Crippen molar-refractivity contribution >= 4 is 57.4 Å². The number of hydrogen-bond acceptors (Lipinski definition) is 2. The lowest BCUT2D eigenvalue weighted by atomic mass is 9.89. The summed E-state index contributed by atoms with van der Waals surface area (Å²) in [5.74, 6) is 0.375. The normalized spacial score (nSPS) is 14.2. The Morgan fingerprint density at radius 3 is 1.21 bits per heavy atom. The summed E-state index contributed by atoms with van der Waals surface area (Å²) >= 11 is 0. The van der Waals surface area contributed by atoms with Gasteiger partial charge in [-0.1, -0.05) is 157 Å². The summed E-state index contributed by atoms with van der Waals surface area (Å²) < 4.78 is 0. The maximum atomic E-state index is 2.41. The molecule has 0 saturated heterocycles. The van der Waals surface area contributed by atoms with E-state index in [9.17, 15) is 0 Å². The third-order valence-electron chi connectivity index (χ3n) is 11.1. The lowest BCUT2D eigenvalue weighted by molar-refractivity contribution is 0.669. The maximum absolute atomic E-state index is 2.41. The number of anilines is 5. The van der Waals surface area contributed by atoms with E-state index in [0.29, 0.717) is 5.92 Å². The van der Waals surface area contributed by atoms with Gasteiger partial charge in [-0.2, -0.15) is 0 Å². The fraction of sp³-hybridized carbons (Fsp3) is 0.127. The standard InChI is InChI=1S/C55H50N2/c1-39-10-27-48(28-11-39)56(49-29-12-40(2)13-30-49)52-35-19-44(20-36-52)18-21-46-24-25-47(55-9-7-6-8-54(46)55)23-22-45-26-37-53(38-43(45)5)57(50-31-14-41(3)15-32-50)51-33-16-42(4)17-34-51/h6-37,43H,38H2,1-5H3/b21-18+,23-22+. The molecule has 0 fully saturated rings. The first-order chi connectivity index (χ1) is 27.8. The highest BCUT2D eigenvalue weighted by Crippen LogP contribution is 2.38. The largest absolute Gasteiger partial charge is 0.314 e. The van der Waals surface area contributed by atoms with Crippen LogP contribution in [0.15, 0.2) is 187 Å². The van der Waals surface area contributed by atoms with Gasteiger partial charge in [0.1, 0.15) is 0 Å². The fourth-order valence-corrected chi connectivity index (χ4v) is 7.69. The molecule has 280 valence electrons. The van der Waals surface area contributed by atoms with Crippen molar-refractivity contribution in [1.29, 1.82) is 0 Å². The van der Waals surface area contributed by atoms with Crippen LogP contribution in [0.1, 0.15) is 52.3 Å². The minimum atomic E-state index is 0.375. The number of rotatable bonds is 10. The third kappa shape index (κ3) is 8.47.